The van der Waals surface area contributed by atoms with Gasteiger partial charge >= 0.3 is 6.03 Å². The van der Waals surface area contributed by atoms with E-state index in [4.69, 9.17) is 0 Å². The predicted molar refractivity (Wildman–Crippen MR) is 87.6 cm³/mol. The van der Waals surface area contributed by atoms with Crippen molar-refractivity contribution in [2.24, 2.45) is 0 Å². The number of carbonyl (C=O) groups is 1. The molecule has 0 unspecified atom stereocenters. The highest BCUT2D eigenvalue weighted by Gasteiger charge is 2.26. The summed E-state index contributed by atoms with van der Waals surface area (Å²) in [5.74, 6) is 0. The van der Waals surface area contributed by atoms with Crippen molar-refractivity contribution in [1.29, 1.82) is 0 Å². The molecule has 0 radical (unpaired) electrons. The fourth-order valence-corrected chi connectivity index (χ4v) is 3.60. The fraction of sp³-hybridized carbons (Fsp3) is 0.941. The maximum Gasteiger partial charge on any atom is 0.317 e. The third kappa shape index (κ3) is 5.50. The summed E-state index contributed by atoms with van der Waals surface area (Å²) in [6, 6.07) is 0.925. The van der Waals surface area contributed by atoms with Gasteiger partial charge in [0.15, 0.2) is 0 Å². The van der Waals surface area contributed by atoms with Crippen molar-refractivity contribution >= 4 is 6.03 Å². The Labute approximate surface area is 130 Å². The van der Waals surface area contributed by atoms with Crippen LogP contribution in [0.1, 0.15) is 64.7 Å². The van der Waals surface area contributed by atoms with Crippen LogP contribution in [0.3, 0.4) is 0 Å². The molecule has 2 rings (SSSR count). The molecule has 1 aliphatic carbocycles. The van der Waals surface area contributed by atoms with Crippen molar-refractivity contribution in [3.05, 3.63) is 0 Å². The zero-order valence-electron chi connectivity index (χ0n) is 13.8. The van der Waals surface area contributed by atoms with E-state index in [0.717, 1.165) is 45.2 Å². The molecule has 2 fully saturated rings. The zero-order chi connectivity index (χ0) is 14.9. The lowest BCUT2D eigenvalue weighted by molar-refractivity contribution is 0.101. The molecule has 0 spiro atoms. The number of carbonyl (C=O) groups excluding carboxylic acids is 1. The number of urea groups is 1. The van der Waals surface area contributed by atoms with Crippen LogP contribution in [0.25, 0.3) is 0 Å². The van der Waals surface area contributed by atoms with E-state index in [1.165, 1.54) is 51.4 Å². The number of nitrogens with zero attached hydrogens (tertiary/aromatic N) is 2. The first-order valence-electron chi connectivity index (χ1n) is 9.08. The third-order valence-electron chi connectivity index (χ3n) is 5.00. The summed E-state index contributed by atoms with van der Waals surface area (Å²) in [5, 5.41) is 3.06. The molecule has 2 amide bonds. The summed E-state index contributed by atoms with van der Waals surface area (Å²) in [5.41, 5.74) is 0. The second kappa shape index (κ2) is 9.29. The van der Waals surface area contributed by atoms with Crippen molar-refractivity contribution < 1.29 is 4.79 Å². The minimum atomic E-state index is 0.145. The van der Waals surface area contributed by atoms with Crippen LogP contribution < -0.4 is 5.32 Å². The van der Waals surface area contributed by atoms with Crippen LogP contribution in [0.4, 0.5) is 4.79 Å². The lowest BCUT2D eigenvalue weighted by atomic mass is 10.1. The summed E-state index contributed by atoms with van der Waals surface area (Å²) >= 11 is 0. The van der Waals surface area contributed by atoms with Crippen LogP contribution in [0.15, 0.2) is 0 Å². The molecule has 0 bridgehead atoms. The van der Waals surface area contributed by atoms with Gasteiger partial charge in [-0.2, -0.15) is 0 Å². The van der Waals surface area contributed by atoms with Gasteiger partial charge in [-0.3, -0.25) is 4.90 Å². The Bertz CT molecular complexity index is 292. The van der Waals surface area contributed by atoms with Crippen LogP contribution in [-0.4, -0.2) is 54.6 Å². The van der Waals surface area contributed by atoms with Crippen molar-refractivity contribution in [3.8, 4) is 0 Å². The van der Waals surface area contributed by atoms with Crippen LogP contribution in [0, 0.1) is 0 Å². The van der Waals surface area contributed by atoms with Gasteiger partial charge in [0.05, 0.1) is 0 Å². The molecule has 4 heteroatoms. The van der Waals surface area contributed by atoms with Gasteiger partial charge in [-0.05, 0) is 19.3 Å². The molecule has 1 heterocycles. The lowest BCUT2D eigenvalue weighted by Crippen LogP contribution is -2.54. The second-order valence-corrected chi connectivity index (χ2v) is 6.61. The molecular formula is C17H33N3O. The summed E-state index contributed by atoms with van der Waals surface area (Å²) in [7, 11) is 0. The molecular weight excluding hydrogens is 262 g/mol. The van der Waals surface area contributed by atoms with E-state index in [9.17, 15) is 4.79 Å². The molecule has 1 aliphatic heterocycles. The number of hydrogen-bond donors (Lipinski definition) is 1. The van der Waals surface area contributed by atoms with Gasteiger partial charge in [0.25, 0.3) is 0 Å². The Kier molecular flexibility index (Phi) is 7.34. The van der Waals surface area contributed by atoms with Gasteiger partial charge < -0.3 is 10.2 Å². The first-order valence-corrected chi connectivity index (χ1v) is 9.08. The quantitative estimate of drug-likeness (QED) is 0.624. The van der Waals surface area contributed by atoms with Crippen LogP contribution in [-0.2, 0) is 0 Å². The number of hydrogen-bond acceptors (Lipinski definition) is 2. The fourth-order valence-electron chi connectivity index (χ4n) is 3.60. The number of piperazine rings is 1. The maximum absolute atomic E-state index is 12.1. The Balaban J connectivity index is 1.66. The molecule has 4 nitrogen and oxygen atoms in total. The third-order valence-corrected chi connectivity index (χ3v) is 5.00. The predicted octanol–water partition coefficient (Wildman–Crippen LogP) is 3.23. The number of amides is 2. The van der Waals surface area contributed by atoms with Crippen molar-refractivity contribution in [1.82, 2.24) is 15.1 Å². The monoisotopic (exact) mass is 295 g/mol. The first-order chi connectivity index (χ1) is 10.3. The van der Waals surface area contributed by atoms with Crippen LogP contribution >= 0.6 is 0 Å². The molecule has 0 aromatic carbocycles. The van der Waals surface area contributed by atoms with E-state index in [0.29, 0.717) is 0 Å². The highest BCUT2D eigenvalue weighted by atomic mass is 16.2. The summed E-state index contributed by atoms with van der Waals surface area (Å²) in [6.45, 7) is 6.94. The van der Waals surface area contributed by atoms with Crippen LogP contribution in [0.2, 0.25) is 0 Å². The van der Waals surface area contributed by atoms with E-state index >= 15 is 0 Å². The molecule has 1 saturated carbocycles. The van der Waals surface area contributed by atoms with E-state index in [1.807, 2.05) is 4.90 Å². The zero-order valence-corrected chi connectivity index (χ0v) is 13.8. The first kappa shape index (κ1) is 16.6. The largest absolute Gasteiger partial charge is 0.338 e. The maximum atomic E-state index is 12.1. The highest BCUT2D eigenvalue weighted by Crippen LogP contribution is 2.22. The Morgan fingerprint density at radius 2 is 1.67 bits per heavy atom. The molecule has 2 aliphatic rings. The molecule has 0 aromatic heterocycles. The topological polar surface area (TPSA) is 35.6 Å². The van der Waals surface area contributed by atoms with Gasteiger partial charge in [0.2, 0.25) is 0 Å². The smallest absolute Gasteiger partial charge is 0.317 e. The summed E-state index contributed by atoms with van der Waals surface area (Å²) in [4.78, 5) is 16.7. The summed E-state index contributed by atoms with van der Waals surface area (Å²) in [6.07, 6.45) is 11.8. The molecule has 0 atom stereocenters. The lowest BCUT2D eigenvalue weighted by Gasteiger charge is -2.39. The van der Waals surface area contributed by atoms with E-state index < -0.39 is 0 Å². The summed E-state index contributed by atoms with van der Waals surface area (Å²) < 4.78 is 0. The van der Waals surface area contributed by atoms with E-state index in [2.05, 4.69) is 17.1 Å². The van der Waals surface area contributed by atoms with E-state index in [1.54, 1.807) is 0 Å². The molecule has 1 saturated heterocycles. The highest BCUT2D eigenvalue weighted by molar-refractivity contribution is 5.74. The molecule has 21 heavy (non-hydrogen) atoms. The Morgan fingerprint density at radius 3 is 2.29 bits per heavy atom. The average Bonchev–Trinajstić information content (AvgIpc) is 2.81. The minimum absolute atomic E-state index is 0.145. The van der Waals surface area contributed by atoms with Gasteiger partial charge in [0, 0.05) is 38.8 Å². The standard InChI is InChI=1S/C17H33N3O/c1-2-3-8-11-18-17(21)20-14-12-19(13-15-20)16-9-6-4-5-7-10-16/h16H,2-15H2,1H3,(H,18,21). The van der Waals surface area contributed by atoms with Crippen molar-refractivity contribution in [2.75, 3.05) is 32.7 Å². The van der Waals surface area contributed by atoms with Gasteiger partial charge in [-0.15, -0.1) is 0 Å². The number of unbranched alkanes of at least 4 members (excludes halogenated alkanes) is 2. The Hall–Kier alpha value is -0.770. The van der Waals surface area contributed by atoms with Gasteiger partial charge in [0.1, 0.15) is 0 Å². The average molecular weight is 295 g/mol. The normalized spacial score (nSPS) is 22.0. The minimum Gasteiger partial charge on any atom is -0.338 e. The number of rotatable bonds is 5. The SMILES string of the molecule is CCCCCNC(=O)N1CCN(C2CCCCCC2)CC1. The van der Waals surface area contributed by atoms with E-state index in [-0.39, 0.29) is 6.03 Å². The van der Waals surface area contributed by atoms with Crippen molar-refractivity contribution in [3.63, 3.8) is 0 Å². The molecule has 0 aromatic rings. The van der Waals surface area contributed by atoms with Crippen LogP contribution in [0.5, 0.6) is 0 Å². The second-order valence-electron chi connectivity index (χ2n) is 6.61. The van der Waals surface area contributed by atoms with Gasteiger partial charge in [-0.1, -0.05) is 45.4 Å². The van der Waals surface area contributed by atoms with Gasteiger partial charge in [-0.25, -0.2) is 4.79 Å². The molecule has 1 N–H and O–H groups in total. The number of nitrogens with one attached hydrogen (secondary N) is 1. The molecule has 122 valence electrons. The van der Waals surface area contributed by atoms with Crippen molar-refractivity contribution in [2.45, 2.75) is 70.8 Å². The Morgan fingerprint density at radius 1 is 1.00 bits per heavy atom.